The molecule has 2 aromatic carbocycles. The van der Waals surface area contributed by atoms with Crippen LogP contribution in [0.2, 0.25) is 0 Å². The average molecular weight is 433 g/mol. The van der Waals surface area contributed by atoms with Crippen LogP contribution in [0.3, 0.4) is 0 Å². The number of rotatable bonds is 7. The van der Waals surface area contributed by atoms with Crippen LogP contribution in [0.25, 0.3) is 10.8 Å². The lowest BCUT2D eigenvalue weighted by Gasteiger charge is -2.20. The maximum Gasteiger partial charge on any atom is 0.272 e. The number of fused-ring (bicyclic) bond motifs is 1. The van der Waals surface area contributed by atoms with Crippen molar-refractivity contribution in [1.29, 1.82) is 0 Å². The molecule has 0 spiro atoms. The fourth-order valence-corrected chi connectivity index (χ4v) is 3.62. The van der Waals surface area contributed by atoms with Crippen LogP contribution in [0.4, 0.5) is 0 Å². The molecule has 0 unspecified atom stereocenters. The molecule has 9 heteroatoms. The van der Waals surface area contributed by atoms with Crippen molar-refractivity contribution >= 4 is 16.7 Å². The zero-order valence-electron chi connectivity index (χ0n) is 18.0. The number of methoxy groups -OCH3 is 2. The number of H-pyrrole nitrogens is 1. The van der Waals surface area contributed by atoms with Gasteiger partial charge in [0.05, 0.1) is 31.7 Å². The van der Waals surface area contributed by atoms with E-state index in [0.717, 1.165) is 5.56 Å². The third-order valence-corrected chi connectivity index (χ3v) is 5.23. The summed E-state index contributed by atoms with van der Waals surface area (Å²) in [6.07, 6.45) is 3.46. The number of aromatic amines is 1. The number of benzene rings is 2. The minimum atomic E-state index is -0.555. The molecule has 0 aliphatic rings. The Labute approximate surface area is 184 Å². The van der Waals surface area contributed by atoms with E-state index in [-0.39, 0.29) is 17.9 Å². The fourth-order valence-electron chi connectivity index (χ4n) is 3.62. The second-order valence-corrected chi connectivity index (χ2v) is 7.26. The zero-order valence-corrected chi connectivity index (χ0v) is 18.0. The molecule has 4 aromatic rings. The lowest BCUT2D eigenvalue weighted by atomic mass is 10.0. The summed E-state index contributed by atoms with van der Waals surface area (Å²) in [5.74, 6) is 1.57. The summed E-state index contributed by atoms with van der Waals surface area (Å²) in [7, 11) is 5.00. The number of amides is 1. The number of carbonyl (C=O) groups is 1. The molecule has 0 bridgehead atoms. The molecule has 1 amide bonds. The van der Waals surface area contributed by atoms with Crippen molar-refractivity contribution in [2.24, 2.45) is 7.05 Å². The molecular formula is C23H23N5O4. The SMILES string of the molecule is COc1cc(OC)cc([C@H](NC(=O)Cc2n[nH]c(=O)c3ccccc23)c2nccn2C)c1. The van der Waals surface area contributed by atoms with Crippen LogP contribution in [-0.4, -0.2) is 39.9 Å². The molecular weight excluding hydrogens is 410 g/mol. The summed E-state index contributed by atoms with van der Waals surface area (Å²) < 4.78 is 12.6. The maximum atomic E-state index is 13.1. The molecule has 2 aromatic heterocycles. The predicted octanol–water partition coefficient (Wildman–Crippen LogP) is 2.12. The highest BCUT2D eigenvalue weighted by Gasteiger charge is 2.23. The highest BCUT2D eigenvalue weighted by Crippen LogP contribution is 2.29. The van der Waals surface area contributed by atoms with E-state index in [1.807, 2.05) is 36.0 Å². The lowest BCUT2D eigenvalue weighted by molar-refractivity contribution is -0.121. The number of aryl methyl sites for hydroxylation is 1. The van der Waals surface area contributed by atoms with Gasteiger partial charge in [-0.3, -0.25) is 9.59 Å². The number of nitrogens with one attached hydrogen (secondary N) is 2. The fraction of sp³-hybridized carbons (Fsp3) is 0.217. The van der Waals surface area contributed by atoms with Gasteiger partial charge < -0.3 is 19.4 Å². The van der Waals surface area contributed by atoms with Crippen LogP contribution in [0, 0.1) is 0 Å². The van der Waals surface area contributed by atoms with E-state index in [2.05, 4.69) is 20.5 Å². The molecule has 4 rings (SSSR count). The first kappa shape index (κ1) is 21.1. The van der Waals surface area contributed by atoms with Gasteiger partial charge in [0.25, 0.3) is 5.56 Å². The Morgan fingerprint density at radius 3 is 2.44 bits per heavy atom. The van der Waals surface area contributed by atoms with Gasteiger partial charge in [0.1, 0.15) is 23.4 Å². The molecule has 32 heavy (non-hydrogen) atoms. The van der Waals surface area contributed by atoms with Gasteiger partial charge in [-0.2, -0.15) is 5.10 Å². The van der Waals surface area contributed by atoms with Gasteiger partial charge in [-0.25, -0.2) is 10.1 Å². The van der Waals surface area contributed by atoms with Crippen molar-refractivity contribution in [2.75, 3.05) is 14.2 Å². The Hall–Kier alpha value is -4.14. The molecule has 9 nitrogen and oxygen atoms in total. The summed E-state index contributed by atoms with van der Waals surface area (Å²) >= 11 is 0. The Morgan fingerprint density at radius 1 is 1.12 bits per heavy atom. The standard InChI is InChI=1S/C23H23N5O4/c1-28-9-8-24-22(28)21(14-10-15(31-2)12-16(11-14)32-3)25-20(29)13-19-17-6-4-5-7-18(17)23(30)27-26-19/h4-12,21H,13H2,1-3H3,(H,25,29)(H,27,30)/t21-/m0/s1. The van der Waals surface area contributed by atoms with E-state index >= 15 is 0 Å². The number of hydrogen-bond acceptors (Lipinski definition) is 6. The molecule has 2 N–H and O–H groups in total. The maximum absolute atomic E-state index is 13.1. The summed E-state index contributed by atoms with van der Waals surface area (Å²) in [6.45, 7) is 0. The van der Waals surface area contributed by atoms with Crippen molar-refractivity contribution < 1.29 is 14.3 Å². The van der Waals surface area contributed by atoms with Crippen molar-refractivity contribution in [3.05, 3.63) is 82.3 Å². The van der Waals surface area contributed by atoms with Crippen LogP contribution in [-0.2, 0) is 18.3 Å². The van der Waals surface area contributed by atoms with Crippen molar-refractivity contribution in [1.82, 2.24) is 25.1 Å². The minimum absolute atomic E-state index is 0.0146. The average Bonchev–Trinajstić information content (AvgIpc) is 3.24. The van der Waals surface area contributed by atoms with Gasteiger partial charge in [0.2, 0.25) is 5.91 Å². The summed E-state index contributed by atoms with van der Waals surface area (Å²) in [5, 5.41) is 10.7. The van der Waals surface area contributed by atoms with E-state index in [1.54, 1.807) is 44.7 Å². The van der Waals surface area contributed by atoms with E-state index in [1.165, 1.54) is 0 Å². The highest BCUT2D eigenvalue weighted by molar-refractivity contribution is 5.88. The number of nitrogens with zero attached hydrogens (tertiary/aromatic N) is 3. The Bertz CT molecular complexity index is 1310. The molecule has 0 aliphatic heterocycles. The third kappa shape index (κ3) is 4.18. The quantitative estimate of drug-likeness (QED) is 0.462. The second kappa shape index (κ2) is 8.93. The molecule has 1 atom stereocenters. The summed E-state index contributed by atoms with van der Waals surface area (Å²) in [4.78, 5) is 29.6. The van der Waals surface area contributed by atoms with Crippen molar-refractivity contribution in [2.45, 2.75) is 12.5 Å². The monoisotopic (exact) mass is 433 g/mol. The first-order chi connectivity index (χ1) is 15.5. The Balaban J connectivity index is 1.69. The molecule has 2 heterocycles. The number of aromatic nitrogens is 4. The van der Waals surface area contributed by atoms with E-state index in [0.29, 0.717) is 33.8 Å². The van der Waals surface area contributed by atoms with Gasteiger partial charge in [0, 0.05) is 30.9 Å². The number of ether oxygens (including phenoxy) is 2. The van der Waals surface area contributed by atoms with Crippen LogP contribution in [0.15, 0.2) is 59.7 Å². The molecule has 0 fully saturated rings. The number of hydrogen-bond donors (Lipinski definition) is 2. The van der Waals surface area contributed by atoms with Crippen LogP contribution in [0.1, 0.15) is 23.1 Å². The predicted molar refractivity (Wildman–Crippen MR) is 119 cm³/mol. The summed E-state index contributed by atoms with van der Waals surface area (Å²) in [5.41, 5.74) is 0.946. The first-order valence-corrected chi connectivity index (χ1v) is 9.96. The van der Waals surface area contributed by atoms with Crippen LogP contribution >= 0.6 is 0 Å². The highest BCUT2D eigenvalue weighted by atomic mass is 16.5. The molecule has 0 radical (unpaired) electrons. The lowest BCUT2D eigenvalue weighted by Crippen LogP contribution is -2.32. The van der Waals surface area contributed by atoms with Gasteiger partial charge in [-0.05, 0) is 23.8 Å². The van der Waals surface area contributed by atoms with E-state index in [9.17, 15) is 9.59 Å². The topological polar surface area (TPSA) is 111 Å². The van der Waals surface area contributed by atoms with Gasteiger partial charge in [-0.1, -0.05) is 18.2 Å². The molecule has 0 aliphatic carbocycles. The number of carbonyl (C=O) groups excluding carboxylic acids is 1. The van der Waals surface area contributed by atoms with Crippen LogP contribution in [0.5, 0.6) is 11.5 Å². The molecule has 0 saturated carbocycles. The Kier molecular flexibility index (Phi) is 5.89. The number of imidazole rings is 1. The third-order valence-electron chi connectivity index (χ3n) is 5.23. The zero-order chi connectivity index (χ0) is 22.7. The largest absolute Gasteiger partial charge is 0.497 e. The van der Waals surface area contributed by atoms with E-state index < -0.39 is 6.04 Å². The smallest absolute Gasteiger partial charge is 0.272 e. The molecule has 0 saturated heterocycles. The normalized spacial score (nSPS) is 11.8. The van der Waals surface area contributed by atoms with Gasteiger partial charge in [-0.15, -0.1) is 0 Å². The second-order valence-electron chi connectivity index (χ2n) is 7.26. The van der Waals surface area contributed by atoms with Crippen molar-refractivity contribution in [3.63, 3.8) is 0 Å². The minimum Gasteiger partial charge on any atom is -0.497 e. The van der Waals surface area contributed by atoms with Gasteiger partial charge >= 0.3 is 0 Å². The van der Waals surface area contributed by atoms with Crippen molar-refractivity contribution in [3.8, 4) is 11.5 Å². The Morgan fingerprint density at radius 2 is 1.81 bits per heavy atom. The van der Waals surface area contributed by atoms with Crippen LogP contribution < -0.4 is 20.3 Å². The van der Waals surface area contributed by atoms with E-state index in [4.69, 9.17) is 9.47 Å². The van der Waals surface area contributed by atoms with Gasteiger partial charge in [0.15, 0.2) is 0 Å². The first-order valence-electron chi connectivity index (χ1n) is 9.96. The summed E-state index contributed by atoms with van der Waals surface area (Å²) in [6, 6.07) is 11.9. The molecule has 164 valence electrons.